The monoisotopic (exact) mass is 325 g/mol. The Labute approximate surface area is 123 Å². The molecule has 8 heteroatoms. The van der Waals surface area contributed by atoms with E-state index in [2.05, 4.69) is 0 Å². The van der Waals surface area contributed by atoms with Gasteiger partial charge in [-0.25, -0.2) is 0 Å². The Hall–Kier alpha value is -1.75. The van der Waals surface area contributed by atoms with Gasteiger partial charge in [-0.05, 0) is 30.0 Å². The first kappa shape index (κ1) is 18.3. The van der Waals surface area contributed by atoms with Crippen LogP contribution in [0.2, 0.25) is 0 Å². The summed E-state index contributed by atoms with van der Waals surface area (Å²) in [6, 6.07) is 2.67. The number of nitrogens with zero attached hydrogens (tertiary/aromatic N) is 1. The van der Waals surface area contributed by atoms with Crippen LogP contribution in [0.4, 0.5) is 26.3 Å². The third-order valence-electron chi connectivity index (χ3n) is 3.55. The fourth-order valence-electron chi connectivity index (χ4n) is 2.37. The lowest BCUT2D eigenvalue weighted by Gasteiger charge is -2.36. The van der Waals surface area contributed by atoms with Gasteiger partial charge in [0.1, 0.15) is 0 Å². The maximum atomic E-state index is 13.2. The summed E-state index contributed by atoms with van der Waals surface area (Å²) < 4.78 is 78.8. The van der Waals surface area contributed by atoms with E-state index in [9.17, 15) is 31.4 Å². The number of hydrogen-bond acceptors (Lipinski definition) is 2. The maximum Gasteiger partial charge on any atom is 0.421 e. The average molecular weight is 325 g/mol. The minimum atomic E-state index is -5.16. The van der Waals surface area contributed by atoms with E-state index in [1.807, 2.05) is 0 Å². The standard InChI is InChI=1S/C14H13F6NO/c1-7(2)12(22,14(18,19)20)10-5-4-9(6-21)11(8(10)3)13(15,16)17/h4-5,7,22H,1-3H3. The van der Waals surface area contributed by atoms with E-state index in [0.717, 1.165) is 26.8 Å². The van der Waals surface area contributed by atoms with Gasteiger partial charge in [0.2, 0.25) is 0 Å². The highest BCUT2D eigenvalue weighted by Gasteiger charge is 2.58. The van der Waals surface area contributed by atoms with Gasteiger partial charge in [0.25, 0.3) is 0 Å². The molecule has 22 heavy (non-hydrogen) atoms. The molecule has 1 atom stereocenters. The Kier molecular flexibility index (Phi) is 4.55. The van der Waals surface area contributed by atoms with Crippen molar-refractivity contribution in [3.05, 3.63) is 34.4 Å². The summed E-state index contributed by atoms with van der Waals surface area (Å²) in [6.07, 6.45) is -10.2. The van der Waals surface area contributed by atoms with Gasteiger partial charge in [0, 0.05) is 0 Å². The number of nitriles is 1. The van der Waals surface area contributed by atoms with Gasteiger partial charge >= 0.3 is 12.4 Å². The SMILES string of the molecule is Cc1c(C(O)(C(C)C)C(F)(F)F)ccc(C#N)c1C(F)(F)F. The highest BCUT2D eigenvalue weighted by molar-refractivity contribution is 5.50. The molecule has 1 N–H and O–H groups in total. The number of aliphatic hydroxyl groups is 1. The van der Waals surface area contributed by atoms with E-state index in [-0.39, 0.29) is 0 Å². The van der Waals surface area contributed by atoms with Crippen LogP contribution in [0.15, 0.2) is 12.1 Å². The first-order valence-corrected chi connectivity index (χ1v) is 6.19. The van der Waals surface area contributed by atoms with Crippen molar-refractivity contribution in [1.82, 2.24) is 0 Å². The Bertz CT molecular complexity index is 611. The Morgan fingerprint density at radius 3 is 1.91 bits per heavy atom. The van der Waals surface area contributed by atoms with Gasteiger partial charge in [0.15, 0.2) is 5.60 Å². The number of rotatable bonds is 2. The summed E-state index contributed by atoms with van der Waals surface area (Å²) in [5, 5.41) is 18.8. The summed E-state index contributed by atoms with van der Waals surface area (Å²) in [5.41, 5.74) is -7.40. The van der Waals surface area contributed by atoms with E-state index in [4.69, 9.17) is 5.26 Å². The molecule has 1 unspecified atom stereocenters. The van der Waals surface area contributed by atoms with Crippen LogP contribution in [-0.4, -0.2) is 11.3 Å². The van der Waals surface area contributed by atoms with Crippen LogP contribution < -0.4 is 0 Å². The van der Waals surface area contributed by atoms with E-state index >= 15 is 0 Å². The van der Waals surface area contributed by atoms with Crippen molar-refractivity contribution in [2.45, 2.75) is 38.7 Å². The summed E-state index contributed by atoms with van der Waals surface area (Å²) in [5.74, 6) is -1.42. The van der Waals surface area contributed by atoms with Crippen LogP contribution in [0, 0.1) is 24.2 Å². The molecule has 1 aromatic carbocycles. The third-order valence-corrected chi connectivity index (χ3v) is 3.55. The smallest absolute Gasteiger partial charge is 0.376 e. The predicted molar refractivity (Wildman–Crippen MR) is 65.7 cm³/mol. The van der Waals surface area contributed by atoms with Gasteiger partial charge in [-0.15, -0.1) is 0 Å². The molecule has 0 fully saturated rings. The van der Waals surface area contributed by atoms with Crippen LogP contribution in [-0.2, 0) is 11.8 Å². The number of halogens is 6. The van der Waals surface area contributed by atoms with Crippen molar-refractivity contribution >= 4 is 0 Å². The molecule has 0 saturated heterocycles. The van der Waals surface area contributed by atoms with Gasteiger partial charge in [0.05, 0.1) is 17.2 Å². The first-order chi connectivity index (χ1) is 9.78. The lowest BCUT2D eigenvalue weighted by molar-refractivity contribution is -0.283. The molecule has 0 saturated carbocycles. The summed E-state index contributed by atoms with van der Waals surface area (Å²) in [6.45, 7) is 2.93. The molecule has 2 nitrogen and oxygen atoms in total. The van der Waals surface area contributed by atoms with E-state index in [1.54, 1.807) is 0 Å². The zero-order chi connectivity index (χ0) is 17.5. The molecule has 0 heterocycles. The van der Waals surface area contributed by atoms with Crippen molar-refractivity contribution in [1.29, 1.82) is 5.26 Å². The Morgan fingerprint density at radius 1 is 1.09 bits per heavy atom. The largest absolute Gasteiger partial charge is 0.421 e. The van der Waals surface area contributed by atoms with Gasteiger partial charge in [-0.2, -0.15) is 31.6 Å². The zero-order valence-electron chi connectivity index (χ0n) is 11.9. The first-order valence-electron chi connectivity index (χ1n) is 6.19. The maximum absolute atomic E-state index is 13.2. The van der Waals surface area contributed by atoms with Gasteiger partial charge < -0.3 is 5.11 Å². The molecule has 0 aliphatic rings. The van der Waals surface area contributed by atoms with Crippen molar-refractivity contribution in [2.24, 2.45) is 5.92 Å². The number of benzene rings is 1. The molecule has 0 amide bonds. The van der Waals surface area contributed by atoms with Crippen molar-refractivity contribution < 1.29 is 31.4 Å². The Balaban J connectivity index is 3.81. The third kappa shape index (κ3) is 2.77. The second-order valence-corrected chi connectivity index (χ2v) is 5.19. The Morgan fingerprint density at radius 2 is 1.59 bits per heavy atom. The van der Waals surface area contributed by atoms with Crippen LogP contribution >= 0.6 is 0 Å². The van der Waals surface area contributed by atoms with Gasteiger partial charge in [-0.1, -0.05) is 19.9 Å². The van der Waals surface area contributed by atoms with Crippen molar-refractivity contribution in [3.8, 4) is 6.07 Å². The molecule has 0 spiro atoms. The van der Waals surface area contributed by atoms with Gasteiger partial charge in [-0.3, -0.25) is 0 Å². The minimum Gasteiger partial charge on any atom is -0.376 e. The van der Waals surface area contributed by atoms with Crippen molar-refractivity contribution in [3.63, 3.8) is 0 Å². The molecular formula is C14H13F6NO. The quantitative estimate of drug-likeness (QED) is 0.824. The summed E-state index contributed by atoms with van der Waals surface area (Å²) in [7, 11) is 0. The average Bonchev–Trinajstić information content (AvgIpc) is 2.34. The molecule has 0 aliphatic heterocycles. The van der Waals surface area contributed by atoms with Crippen LogP contribution in [0.25, 0.3) is 0 Å². The second kappa shape index (κ2) is 5.47. The predicted octanol–water partition coefficient (Wildman–Crippen LogP) is 4.29. The minimum absolute atomic E-state index is 0.643. The molecule has 1 aromatic rings. The number of alkyl halides is 6. The van der Waals surface area contributed by atoms with E-state index in [0.29, 0.717) is 6.07 Å². The van der Waals surface area contributed by atoms with E-state index in [1.165, 1.54) is 6.07 Å². The zero-order valence-corrected chi connectivity index (χ0v) is 11.9. The van der Waals surface area contributed by atoms with Crippen LogP contribution in [0.1, 0.15) is 36.1 Å². The molecule has 122 valence electrons. The topological polar surface area (TPSA) is 44.0 Å². The molecule has 1 rings (SSSR count). The van der Waals surface area contributed by atoms with Crippen LogP contribution in [0.3, 0.4) is 0 Å². The molecule has 0 bridgehead atoms. The summed E-state index contributed by atoms with van der Waals surface area (Å²) >= 11 is 0. The van der Waals surface area contributed by atoms with Crippen molar-refractivity contribution in [2.75, 3.05) is 0 Å². The second-order valence-electron chi connectivity index (χ2n) is 5.19. The molecule has 0 aromatic heterocycles. The van der Waals surface area contributed by atoms with E-state index < -0.39 is 46.1 Å². The highest BCUT2D eigenvalue weighted by atomic mass is 19.4. The molecular weight excluding hydrogens is 312 g/mol. The highest BCUT2D eigenvalue weighted by Crippen LogP contribution is 2.47. The number of hydrogen-bond donors (Lipinski definition) is 1. The fraction of sp³-hybridized carbons (Fsp3) is 0.500. The molecule has 0 aliphatic carbocycles. The lowest BCUT2D eigenvalue weighted by Crippen LogP contribution is -2.47. The van der Waals surface area contributed by atoms with Crippen LogP contribution in [0.5, 0.6) is 0 Å². The summed E-state index contributed by atoms with van der Waals surface area (Å²) in [4.78, 5) is 0. The molecule has 0 radical (unpaired) electrons. The normalized spacial score (nSPS) is 15.5. The lowest BCUT2D eigenvalue weighted by atomic mass is 9.78. The fourth-order valence-corrected chi connectivity index (χ4v) is 2.37.